The summed E-state index contributed by atoms with van der Waals surface area (Å²) in [6, 6.07) is 7.71. The van der Waals surface area contributed by atoms with Crippen LogP contribution in [0.3, 0.4) is 0 Å². The molecule has 0 heterocycles. The van der Waals surface area contributed by atoms with Gasteiger partial charge < -0.3 is 14.8 Å². The highest BCUT2D eigenvalue weighted by molar-refractivity contribution is 7.92. The van der Waals surface area contributed by atoms with Gasteiger partial charge in [0.1, 0.15) is 0 Å². The molecule has 0 aliphatic heterocycles. The van der Waals surface area contributed by atoms with Crippen LogP contribution in [0.1, 0.15) is 12.8 Å². The average molecular weight is 428 g/mol. The molecule has 2 rings (SSSR count). The number of sulfonamides is 1. The van der Waals surface area contributed by atoms with Gasteiger partial charge in [-0.2, -0.15) is 0 Å². The number of benzene rings is 2. The van der Waals surface area contributed by atoms with Gasteiger partial charge in [0, 0.05) is 30.8 Å². The van der Waals surface area contributed by atoms with Crippen LogP contribution in [0.25, 0.3) is 0 Å². The second kappa shape index (κ2) is 9.55. The molecule has 7 nitrogen and oxygen atoms in total. The molecule has 0 aromatic heterocycles. The van der Waals surface area contributed by atoms with Crippen molar-refractivity contribution in [2.45, 2.75) is 12.8 Å². The third-order valence-corrected chi connectivity index (χ3v) is 5.22. The van der Waals surface area contributed by atoms with Crippen LogP contribution in [-0.4, -0.2) is 41.3 Å². The molecule has 2 aromatic carbocycles. The largest absolute Gasteiger partial charge is 0.493 e. The average Bonchev–Trinajstić information content (AvgIpc) is 2.66. The number of anilines is 2. The zero-order valence-corrected chi connectivity index (χ0v) is 17.1. The van der Waals surface area contributed by atoms with E-state index in [2.05, 4.69) is 5.32 Å². The molecule has 0 aliphatic carbocycles. The fourth-order valence-electron chi connectivity index (χ4n) is 2.65. The molecule has 2 aromatic rings. The fourth-order valence-corrected chi connectivity index (χ4v) is 3.60. The normalized spacial score (nSPS) is 11.1. The number of hydrogen-bond donors (Lipinski definition) is 1. The first kappa shape index (κ1) is 22.4. The molecule has 29 heavy (non-hydrogen) atoms. The minimum Gasteiger partial charge on any atom is -0.493 e. The van der Waals surface area contributed by atoms with E-state index in [1.807, 2.05) is 0 Å². The molecular formula is C19H22F2N2O5S. The summed E-state index contributed by atoms with van der Waals surface area (Å²) in [6.45, 7) is -0.0662. The van der Waals surface area contributed by atoms with E-state index in [-0.39, 0.29) is 31.0 Å². The van der Waals surface area contributed by atoms with E-state index in [9.17, 15) is 22.0 Å². The van der Waals surface area contributed by atoms with Crippen molar-refractivity contribution in [3.63, 3.8) is 0 Å². The second-order valence-corrected chi connectivity index (χ2v) is 8.06. The van der Waals surface area contributed by atoms with Crippen LogP contribution in [0.15, 0.2) is 36.4 Å². The number of amides is 1. The molecule has 0 unspecified atom stereocenters. The maximum atomic E-state index is 13.5. The van der Waals surface area contributed by atoms with Crippen LogP contribution in [0.4, 0.5) is 20.2 Å². The number of hydrogen-bond acceptors (Lipinski definition) is 5. The lowest BCUT2D eigenvalue weighted by Gasteiger charge is -2.22. The maximum Gasteiger partial charge on any atom is 0.232 e. The van der Waals surface area contributed by atoms with Gasteiger partial charge in [-0.15, -0.1) is 0 Å². The van der Waals surface area contributed by atoms with Crippen LogP contribution < -0.4 is 19.1 Å². The SMILES string of the molecule is COc1ccc(NC(=O)CCCN(c2ccc(F)c(F)c2)S(C)(=O)=O)cc1OC. The van der Waals surface area contributed by atoms with Gasteiger partial charge in [-0.1, -0.05) is 0 Å². The second-order valence-electron chi connectivity index (χ2n) is 6.16. The molecule has 158 valence electrons. The minimum atomic E-state index is -3.74. The van der Waals surface area contributed by atoms with Gasteiger partial charge in [0.2, 0.25) is 15.9 Å². The van der Waals surface area contributed by atoms with Crippen molar-refractivity contribution >= 4 is 27.3 Å². The Hall–Kier alpha value is -2.88. The van der Waals surface area contributed by atoms with E-state index < -0.39 is 21.7 Å². The van der Waals surface area contributed by atoms with Gasteiger partial charge in [0.05, 0.1) is 26.2 Å². The summed E-state index contributed by atoms with van der Waals surface area (Å²) in [5.74, 6) is -1.59. The van der Waals surface area contributed by atoms with Gasteiger partial charge >= 0.3 is 0 Å². The Morgan fingerprint density at radius 1 is 1.03 bits per heavy atom. The monoisotopic (exact) mass is 428 g/mol. The number of nitrogens with one attached hydrogen (secondary N) is 1. The Bertz CT molecular complexity index is 983. The number of nitrogens with zero attached hydrogens (tertiary/aromatic N) is 1. The molecule has 10 heteroatoms. The van der Waals surface area contributed by atoms with Gasteiger partial charge in [-0.3, -0.25) is 9.10 Å². The Morgan fingerprint density at radius 2 is 1.72 bits per heavy atom. The van der Waals surface area contributed by atoms with Crippen molar-refractivity contribution in [2.24, 2.45) is 0 Å². The predicted octanol–water partition coefficient (Wildman–Crippen LogP) is 3.17. The number of ether oxygens (including phenoxy) is 2. The molecule has 0 aliphatic rings. The van der Waals surface area contributed by atoms with Gasteiger partial charge in [-0.25, -0.2) is 17.2 Å². The topological polar surface area (TPSA) is 84.9 Å². The highest BCUT2D eigenvalue weighted by atomic mass is 32.2. The molecule has 0 fully saturated rings. The maximum absolute atomic E-state index is 13.5. The molecule has 0 saturated carbocycles. The van der Waals surface area contributed by atoms with Crippen LogP contribution in [0.2, 0.25) is 0 Å². The van der Waals surface area contributed by atoms with Crippen LogP contribution in [0.5, 0.6) is 11.5 Å². The minimum absolute atomic E-state index is 0.00769. The first-order chi connectivity index (χ1) is 13.7. The molecule has 0 bridgehead atoms. The first-order valence-electron chi connectivity index (χ1n) is 8.60. The summed E-state index contributed by atoms with van der Waals surface area (Å²) in [5, 5.41) is 2.68. The van der Waals surface area contributed by atoms with Gasteiger partial charge in [0.15, 0.2) is 23.1 Å². The summed E-state index contributed by atoms with van der Waals surface area (Å²) < 4.78 is 61.8. The van der Waals surface area contributed by atoms with E-state index in [1.165, 1.54) is 20.3 Å². The van der Waals surface area contributed by atoms with E-state index in [0.29, 0.717) is 17.2 Å². The third-order valence-electron chi connectivity index (χ3n) is 4.02. The molecule has 1 N–H and O–H groups in total. The highest BCUT2D eigenvalue weighted by Crippen LogP contribution is 2.29. The number of rotatable bonds is 9. The van der Waals surface area contributed by atoms with Gasteiger partial charge in [-0.05, 0) is 30.7 Å². The number of carbonyl (C=O) groups is 1. The van der Waals surface area contributed by atoms with Crippen molar-refractivity contribution in [3.05, 3.63) is 48.0 Å². The first-order valence-corrected chi connectivity index (χ1v) is 10.4. The van der Waals surface area contributed by atoms with E-state index in [1.54, 1.807) is 18.2 Å². The summed E-state index contributed by atoms with van der Waals surface area (Å²) in [5.41, 5.74) is 0.486. The molecule has 0 atom stereocenters. The van der Waals surface area contributed by atoms with E-state index in [0.717, 1.165) is 22.7 Å². The molecule has 0 radical (unpaired) electrons. The lowest BCUT2D eigenvalue weighted by molar-refractivity contribution is -0.116. The van der Waals surface area contributed by atoms with Crippen molar-refractivity contribution in [2.75, 3.05) is 36.6 Å². The van der Waals surface area contributed by atoms with Crippen molar-refractivity contribution in [1.29, 1.82) is 0 Å². The number of halogens is 2. The van der Waals surface area contributed by atoms with Crippen LogP contribution >= 0.6 is 0 Å². The fraction of sp³-hybridized carbons (Fsp3) is 0.316. The third kappa shape index (κ3) is 6.05. The quantitative estimate of drug-likeness (QED) is 0.663. The van der Waals surface area contributed by atoms with E-state index >= 15 is 0 Å². The Labute approximate surface area is 168 Å². The lowest BCUT2D eigenvalue weighted by atomic mass is 10.2. The smallest absolute Gasteiger partial charge is 0.232 e. The Balaban J connectivity index is 2.00. The van der Waals surface area contributed by atoms with Crippen LogP contribution in [-0.2, 0) is 14.8 Å². The molecule has 0 saturated heterocycles. The van der Waals surface area contributed by atoms with Gasteiger partial charge in [0.25, 0.3) is 0 Å². The molecule has 1 amide bonds. The summed E-state index contributed by atoms with van der Waals surface area (Å²) in [4.78, 5) is 12.2. The Morgan fingerprint density at radius 3 is 2.31 bits per heavy atom. The van der Waals surface area contributed by atoms with Crippen molar-refractivity contribution in [1.82, 2.24) is 0 Å². The van der Waals surface area contributed by atoms with Crippen molar-refractivity contribution < 1.29 is 31.5 Å². The zero-order valence-electron chi connectivity index (χ0n) is 16.2. The summed E-state index contributed by atoms with van der Waals surface area (Å²) in [7, 11) is -0.769. The number of methoxy groups -OCH3 is 2. The van der Waals surface area contributed by atoms with E-state index in [4.69, 9.17) is 9.47 Å². The zero-order chi connectivity index (χ0) is 21.6. The summed E-state index contributed by atoms with van der Waals surface area (Å²) in [6.07, 6.45) is 1.15. The lowest BCUT2D eigenvalue weighted by Crippen LogP contribution is -2.31. The Kier molecular flexibility index (Phi) is 7.38. The highest BCUT2D eigenvalue weighted by Gasteiger charge is 2.19. The number of carbonyl (C=O) groups excluding carboxylic acids is 1. The standard InChI is InChI=1S/C19H22F2N2O5S/c1-27-17-9-6-13(11-18(17)28-2)22-19(24)5-4-10-23(29(3,25)26)14-7-8-15(20)16(21)12-14/h6-9,11-12H,4-5,10H2,1-3H3,(H,22,24). The van der Waals surface area contributed by atoms with Crippen molar-refractivity contribution in [3.8, 4) is 11.5 Å². The predicted molar refractivity (Wildman–Crippen MR) is 106 cm³/mol. The summed E-state index contributed by atoms with van der Waals surface area (Å²) >= 11 is 0. The molecular weight excluding hydrogens is 406 g/mol. The molecule has 0 spiro atoms. The van der Waals surface area contributed by atoms with Crippen LogP contribution in [0, 0.1) is 11.6 Å².